The van der Waals surface area contributed by atoms with E-state index in [1.165, 1.54) is 32.9 Å². The van der Waals surface area contributed by atoms with Crippen LogP contribution in [0.25, 0.3) is 23.4 Å². The third kappa shape index (κ3) is 16.1. The minimum absolute atomic E-state index is 0.0479. The fourth-order valence-corrected chi connectivity index (χ4v) is 17.6. The van der Waals surface area contributed by atoms with Crippen LogP contribution in [0, 0.1) is 53.3 Å². The molecule has 490 valence electrons. The van der Waals surface area contributed by atoms with Gasteiger partial charge in [0.2, 0.25) is 17.7 Å². The monoisotopic (exact) mass is 1270 g/mol. The number of nitrogens with one attached hydrogen (secondary N) is 2. The van der Waals surface area contributed by atoms with E-state index < -0.39 is 35.5 Å². The van der Waals surface area contributed by atoms with Crippen molar-refractivity contribution in [2.24, 2.45) is 51.3 Å². The lowest BCUT2D eigenvalue weighted by molar-refractivity contribution is -0.174. The number of aromatic nitrogens is 1. The van der Waals surface area contributed by atoms with Crippen LogP contribution in [0.1, 0.15) is 147 Å². The first kappa shape index (κ1) is 69.0. The molecule has 0 radical (unpaired) electrons. The number of carbonyl (C=O) groups excluding carboxylic acids is 4. The summed E-state index contributed by atoms with van der Waals surface area (Å²) in [6.07, 6.45) is 8.60. The maximum absolute atomic E-state index is 13.9. The van der Waals surface area contributed by atoms with Gasteiger partial charge in [-0.3, -0.25) is 19.4 Å². The Bertz CT molecular complexity index is 3210. The van der Waals surface area contributed by atoms with E-state index in [1.54, 1.807) is 46.0 Å². The van der Waals surface area contributed by atoms with Crippen molar-refractivity contribution in [2.75, 3.05) is 65.4 Å². The Labute approximate surface area is 530 Å². The minimum Gasteiger partial charge on any atom is -0.507 e. The Morgan fingerprint density at radius 1 is 0.854 bits per heavy atom. The van der Waals surface area contributed by atoms with E-state index in [1.807, 2.05) is 0 Å². The van der Waals surface area contributed by atoms with Crippen LogP contribution in [-0.4, -0.2) is 176 Å². The first-order valence-electron chi connectivity index (χ1n) is 31.7. The van der Waals surface area contributed by atoms with E-state index in [2.05, 4.69) is 54.5 Å². The van der Waals surface area contributed by atoms with Gasteiger partial charge in [0.25, 0.3) is 0 Å². The molecule has 1 aromatic heterocycles. The van der Waals surface area contributed by atoms with Crippen molar-refractivity contribution in [1.29, 1.82) is 0 Å². The van der Waals surface area contributed by atoms with Gasteiger partial charge in [-0.05, 0) is 142 Å². The number of aliphatic hydroxyl groups is 2. The maximum Gasteiger partial charge on any atom is 0.415 e. The lowest BCUT2D eigenvalue weighted by Crippen LogP contribution is -2.58. The zero-order chi connectivity index (χ0) is 64.7. The molecule has 8 rings (SSSR count). The molecular formula is C66H94N6O15S2. The van der Waals surface area contributed by atoms with Gasteiger partial charge in [0, 0.05) is 91.3 Å². The number of phenols is 2. The Hall–Kier alpha value is -5.85. The molecule has 4 fully saturated rings. The number of likely N-dealkylation sites (N-methyl/N-ethyl adjacent to an activating group) is 1. The van der Waals surface area contributed by atoms with Crippen molar-refractivity contribution in [3.63, 3.8) is 0 Å². The molecule has 0 bridgehead atoms. The number of thiazole rings is 1. The minimum atomic E-state index is -1.10. The summed E-state index contributed by atoms with van der Waals surface area (Å²) in [4.78, 5) is 88.9. The number of hydrogen-bond donors (Lipinski definition) is 8. The number of carboxylic acid groups (broad SMARTS) is 2. The largest absolute Gasteiger partial charge is 0.507 e. The van der Waals surface area contributed by atoms with Crippen LogP contribution >= 0.6 is 23.1 Å². The number of carboxylic acids is 2. The van der Waals surface area contributed by atoms with Crippen LogP contribution in [0.2, 0.25) is 0 Å². The second-order valence-corrected chi connectivity index (χ2v) is 28.9. The van der Waals surface area contributed by atoms with Crippen LogP contribution in [0.15, 0.2) is 23.2 Å². The predicted molar refractivity (Wildman–Crippen MR) is 341 cm³/mol. The summed E-state index contributed by atoms with van der Waals surface area (Å²) in [5.74, 6) is -0.388. The number of unbranched alkanes of at least 4 members (excludes halogenated alkanes) is 1. The molecule has 0 saturated heterocycles. The number of fused-ring (bicyclic) bond motifs is 6. The number of aliphatic carboxylic acids is 2. The van der Waals surface area contributed by atoms with Crippen LogP contribution in [-0.2, 0) is 38.9 Å². The third-order valence-electron chi connectivity index (χ3n) is 20.7. The lowest BCUT2D eigenvalue weighted by atomic mass is 9.43. The molecule has 89 heavy (non-hydrogen) atoms. The van der Waals surface area contributed by atoms with Crippen LogP contribution in [0.5, 0.6) is 17.2 Å². The van der Waals surface area contributed by atoms with Crippen LogP contribution in [0.4, 0.5) is 4.79 Å². The Morgan fingerprint density at radius 2 is 1.57 bits per heavy atom. The summed E-state index contributed by atoms with van der Waals surface area (Å²) in [5.41, 5.74) is 0.600. The van der Waals surface area contributed by atoms with Crippen molar-refractivity contribution in [3.8, 4) is 17.2 Å². The van der Waals surface area contributed by atoms with Crippen molar-refractivity contribution >= 4 is 87.3 Å². The first-order chi connectivity index (χ1) is 42.1. The standard InChI is InChI=1S/C66H94N6O15S2/c1-37(44-15-16-45-55-46(20-23-66(44,45)8)65(7)22-19-42(73)32-41(65)33-50(55)74)13-18-53(76)68-48(61(80)81)12-10-11-24-67-52(75)21-28-85-30-31-86-29-27-72(26-25-71(9)54(77)35-64(5,6)56-40(4)57(78)38(2)39(3)58(56)79)63(84)87-43-14-17-47-51(34-43)89-60(69-47)59-70-49(36-88-59)62(82)83/h14,17,34,37,41-42,44-46,48-50,55,73-74,78-79H,3-4,10-13,15-16,18-33,35-36H2,1-2,5-9H3,(H,67,75)(H,68,76)(H,80,81)(H,82,83). The second-order valence-electron chi connectivity index (χ2n) is 26.9. The van der Waals surface area contributed by atoms with E-state index in [0.717, 1.165) is 51.4 Å². The average Bonchev–Trinajstić information content (AvgIpc) is 1.73. The third-order valence-corrected chi connectivity index (χ3v) is 22.9. The zero-order valence-electron chi connectivity index (χ0n) is 52.9. The molecule has 1 aliphatic heterocycles. The van der Waals surface area contributed by atoms with Crippen LogP contribution < -0.4 is 25.8 Å². The number of aromatic hydroxyl groups is 2. The molecule has 23 heteroatoms. The SMILES string of the molecule is C=c1c(C)c(O)c(=C)c(C(C)(C)CC(=O)N(C)CCN(CCOCCOCCC(=O)NCCCCC(NC(=O)CCC(C)C2CCC3C4C(O)CC5CC(O)CCC5(C)C4CCC23C)C(=O)O)C(=O)Oc2ccc3nc(C4=NC(C(=O)O)CS4)sc3c2)c1O. The van der Waals surface area contributed by atoms with Gasteiger partial charge >= 0.3 is 18.0 Å². The molecule has 4 aliphatic carbocycles. The molecule has 2 aromatic carbocycles. The summed E-state index contributed by atoms with van der Waals surface area (Å²) >= 11 is 2.61. The fourth-order valence-electron chi connectivity index (χ4n) is 15.5. The van der Waals surface area contributed by atoms with Crippen molar-refractivity contribution in [2.45, 2.75) is 168 Å². The van der Waals surface area contributed by atoms with E-state index in [-0.39, 0.29) is 152 Å². The normalized spacial score (nSPS) is 26.3. The number of carbonyl (C=O) groups is 6. The Kier molecular flexibility index (Phi) is 23.0. The summed E-state index contributed by atoms with van der Waals surface area (Å²) in [7, 11) is 1.60. The predicted octanol–water partition coefficient (Wildman–Crippen LogP) is 7.10. The molecule has 8 N–H and O–H groups in total. The number of rotatable bonds is 29. The molecule has 5 aliphatic rings. The molecule has 12 unspecified atom stereocenters. The van der Waals surface area contributed by atoms with Gasteiger partial charge in [-0.1, -0.05) is 47.8 Å². The second kappa shape index (κ2) is 29.6. The Morgan fingerprint density at radius 3 is 2.29 bits per heavy atom. The molecule has 4 amide bonds. The number of thioether (sulfide) groups is 1. The fraction of sp³-hybridized carbons (Fsp3) is 0.667. The number of benzene rings is 2. The van der Waals surface area contributed by atoms with Gasteiger partial charge in [0.05, 0.1) is 48.9 Å². The van der Waals surface area contributed by atoms with Gasteiger partial charge in [-0.2, -0.15) is 0 Å². The van der Waals surface area contributed by atoms with Crippen molar-refractivity contribution in [3.05, 3.63) is 44.8 Å². The molecule has 3 aromatic rings. The van der Waals surface area contributed by atoms with Gasteiger partial charge in [-0.15, -0.1) is 23.1 Å². The number of phenolic OH excluding ortho intramolecular Hbond substituents is 2. The number of nitrogens with zero attached hydrogens (tertiary/aromatic N) is 4. The van der Waals surface area contributed by atoms with E-state index in [4.69, 9.17) is 14.2 Å². The smallest absolute Gasteiger partial charge is 0.415 e. The molecule has 4 saturated carbocycles. The Balaban J connectivity index is 0.732. The highest BCUT2D eigenvalue weighted by Crippen LogP contribution is 2.68. The molecule has 0 spiro atoms. The highest BCUT2D eigenvalue weighted by Gasteiger charge is 2.63. The maximum atomic E-state index is 13.9. The molecule has 12 atom stereocenters. The van der Waals surface area contributed by atoms with Crippen molar-refractivity contribution < 1.29 is 73.6 Å². The quantitative estimate of drug-likeness (QED) is 0.0254. The zero-order valence-corrected chi connectivity index (χ0v) is 54.5. The summed E-state index contributed by atoms with van der Waals surface area (Å²) in [6, 6.07) is 3.08. The number of aliphatic hydroxyl groups excluding tert-OH is 2. The average molecular weight is 1280 g/mol. The van der Waals surface area contributed by atoms with Crippen molar-refractivity contribution in [1.82, 2.24) is 25.4 Å². The van der Waals surface area contributed by atoms with E-state index >= 15 is 0 Å². The summed E-state index contributed by atoms with van der Waals surface area (Å²) < 4.78 is 18.0. The summed E-state index contributed by atoms with van der Waals surface area (Å²) in [5, 5.41) is 70.4. The highest BCUT2D eigenvalue weighted by molar-refractivity contribution is 8.15. The lowest BCUT2D eigenvalue weighted by Gasteiger charge is -2.62. The van der Waals surface area contributed by atoms with E-state index in [9.17, 15) is 59.4 Å². The molecule has 2 heterocycles. The number of hydrogen-bond acceptors (Lipinski definition) is 17. The topological polar surface area (TPSA) is 307 Å². The van der Waals surface area contributed by atoms with E-state index in [0.29, 0.717) is 86.6 Å². The molecular weight excluding hydrogens is 1180 g/mol. The number of aliphatic imine (C=N–C) groups is 1. The number of ether oxygens (including phenoxy) is 3. The highest BCUT2D eigenvalue weighted by atomic mass is 32.2. The van der Waals surface area contributed by atoms with Crippen LogP contribution in [0.3, 0.4) is 0 Å². The summed E-state index contributed by atoms with van der Waals surface area (Å²) in [6.45, 7) is 21.1. The van der Waals surface area contributed by atoms with Gasteiger partial charge in [0.15, 0.2) is 6.04 Å². The van der Waals surface area contributed by atoms with Gasteiger partial charge in [-0.25, -0.2) is 19.4 Å². The van der Waals surface area contributed by atoms with Gasteiger partial charge < -0.3 is 65.3 Å². The van der Waals surface area contributed by atoms with Gasteiger partial charge in [0.1, 0.15) is 33.3 Å². The molecule has 21 nitrogen and oxygen atoms in total. The number of amides is 4. The first-order valence-corrected chi connectivity index (χ1v) is 33.5.